The van der Waals surface area contributed by atoms with Crippen molar-refractivity contribution in [2.75, 3.05) is 0 Å². The van der Waals surface area contributed by atoms with Crippen LogP contribution in [-0.2, 0) is 15.7 Å². The van der Waals surface area contributed by atoms with Gasteiger partial charge in [0.05, 0.1) is 0 Å². The molecule has 2 atom stereocenters. The van der Waals surface area contributed by atoms with E-state index in [0.717, 1.165) is 42.2 Å². The van der Waals surface area contributed by atoms with Crippen LogP contribution >= 0.6 is 8.20 Å². The molecule has 3 aromatic carbocycles. The summed E-state index contributed by atoms with van der Waals surface area (Å²) in [5.41, 5.74) is 2.51. The first-order chi connectivity index (χ1) is 14.5. The van der Waals surface area contributed by atoms with Crippen LogP contribution in [0.4, 0.5) is 0 Å². The maximum atomic E-state index is 14.2. The first kappa shape index (κ1) is 19.4. The lowest BCUT2D eigenvalue weighted by atomic mass is 9.70. The van der Waals surface area contributed by atoms with Crippen LogP contribution in [0.25, 0.3) is 0 Å². The molecule has 3 aromatic rings. The van der Waals surface area contributed by atoms with Crippen molar-refractivity contribution in [1.29, 1.82) is 0 Å². The molecule has 2 heterocycles. The first-order valence-corrected chi connectivity index (χ1v) is 11.4. The van der Waals surface area contributed by atoms with Gasteiger partial charge in [0, 0.05) is 16.4 Å². The van der Waals surface area contributed by atoms with Gasteiger partial charge in [0.25, 0.3) is 0 Å². The molecule has 0 aliphatic carbocycles. The number of carbonyl (C=O) groups is 1. The third-order valence-electron chi connectivity index (χ3n) is 6.63. The van der Waals surface area contributed by atoms with Gasteiger partial charge in [0.15, 0.2) is 10.9 Å². The second kappa shape index (κ2) is 6.74. The van der Waals surface area contributed by atoms with Gasteiger partial charge >= 0.3 is 0 Å². The van der Waals surface area contributed by atoms with Crippen LogP contribution in [0.5, 0.6) is 0 Å². The number of hydrogen-bond donors (Lipinski definition) is 0. The maximum absolute atomic E-state index is 14.2. The molecule has 5 rings (SSSR count). The lowest BCUT2D eigenvalue weighted by molar-refractivity contribution is -0.0446. The number of rotatable bonds is 4. The minimum Gasteiger partial charge on any atom is -0.333 e. The van der Waals surface area contributed by atoms with Gasteiger partial charge < -0.3 is 4.74 Å². The summed E-state index contributed by atoms with van der Waals surface area (Å²) in [7, 11) is 1.04. The van der Waals surface area contributed by atoms with E-state index >= 15 is 0 Å². The largest absolute Gasteiger partial charge is 0.333 e. The fourth-order valence-corrected chi connectivity index (χ4v) is 6.69. The van der Waals surface area contributed by atoms with E-state index in [4.69, 9.17) is 4.74 Å². The van der Waals surface area contributed by atoms with E-state index < -0.39 is 10.9 Å². The van der Waals surface area contributed by atoms with Crippen LogP contribution < -0.4 is 0 Å². The van der Waals surface area contributed by atoms with Crippen molar-refractivity contribution in [1.82, 2.24) is 0 Å². The molecule has 0 N–H and O–H groups in total. The summed E-state index contributed by atoms with van der Waals surface area (Å²) in [6.45, 7) is 6.66. The Labute approximate surface area is 179 Å². The van der Waals surface area contributed by atoms with E-state index in [1.807, 2.05) is 54.6 Å². The number of ether oxygens (including phenoxy) is 1. The Morgan fingerprint density at radius 1 is 0.833 bits per heavy atom. The van der Waals surface area contributed by atoms with Crippen molar-refractivity contribution in [3.63, 3.8) is 0 Å². The molecule has 0 saturated heterocycles. The summed E-state index contributed by atoms with van der Waals surface area (Å²) in [5.74, 6) is 0.0531. The highest BCUT2D eigenvalue weighted by molar-refractivity contribution is 7.43. The van der Waals surface area contributed by atoms with E-state index in [-0.39, 0.29) is 11.2 Å². The summed E-state index contributed by atoms with van der Waals surface area (Å²) < 4.78 is 7.09. The molecule has 30 heavy (non-hydrogen) atoms. The monoisotopic (exact) mass is 412 g/mol. The van der Waals surface area contributed by atoms with Crippen LogP contribution in [0.15, 0.2) is 84.9 Å². The van der Waals surface area contributed by atoms with Gasteiger partial charge in [-0.1, -0.05) is 114 Å². The SMILES string of the molecule is CCC(C)(C)C1=PC2(c3ccccc3)OC1(c1ccccc1)C(=O)c1ccccc12. The number of benzene rings is 3. The fraction of sp³-hybridized carbons (Fsp3) is 0.259. The summed E-state index contributed by atoms with van der Waals surface area (Å²) in [4.78, 5) is 14.2. The van der Waals surface area contributed by atoms with Crippen LogP contribution in [0.2, 0.25) is 0 Å². The normalized spacial score (nSPS) is 25.6. The van der Waals surface area contributed by atoms with E-state index in [0.29, 0.717) is 0 Å². The fourth-order valence-electron chi connectivity index (χ4n) is 4.70. The van der Waals surface area contributed by atoms with Crippen LogP contribution in [0.3, 0.4) is 0 Å². The summed E-state index contributed by atoms with van der Waals surface area (Å²) >= 11 is 0. The predicted octanol–water partition coefficient (Wildman–Crippen LogP) is 6.56. The van der Waals surface area contributed by atoms with E-state index in [1.54, 1.807) is 0 Å². The zero-order chi connectivity index (χ0) is 21.0. The Balaban J connectivity index is 1.91. The van der Waals surface area contributed by atoms with Crippen LogP contribution in [0.1, 0.15) is 54.2 Å². The molecule has 150 valence electrons. The van der Waals surface area contributed by atoms with Crippen molar-refractivity contribution in [3.05, 3.63) is 107 Å². The van der Waals surface area contributed by atoms with Gasteiger partial charge in [-0.2, -0.15) is 0 Å². The van der Waals surface area contributed by atoms with Gasteiger partial charge in [-0.15, -0.1) is 0 Å². The highest BCUT2D eigenvalue weighted by Crippen LogP contribution is 2.63. The molecule has 3 heteroatoms. The average molecular weight is 412 g/mol. The third kappa shape index (κ3) is 2.47. The molecule has 0 radical (unpaired) electrons. The predicted molar refractivity (Wildman–Crippen MR) is 123 cm³/mol. The molecule has 0 aromatic heterocycles. The van der Waals surface area contributed by atoms with Gasteiger partial charge in [0.1, 0.15) is 0 Å². The van der Waals surface area contributed by atoms with Gasteiger partial charge in [0.2, 0.25) is 5.78 Å². The smallest absolute Gasteiger partial charge is 0.204 e. The van der Waals surface area contributed by atoms with Gasteiger partial charge in [-0.05, 0) is 23.0 Å². The standard InChI is InChI=1S/C27H25O2P/c1-4-25(2,3)24-26(19-13-7-5-8-14-19)23(28)21-17-11-12-18-22(21)27(29-26,30-24)20-15-9-6-10-16-20/h5-18H,4H2,1-3H3. The molecular weight excluding hydrogens is 387 g/mol. The summed E-state index contributed by atoms with van der Waals surface area (Å²) in [6.07, 6.45) is 0.932. The molecule has 0 amide bonds. The van der Waals surface area contributed by atoms with Crippen LogP contribution in [0, 0.1) is 5.41 Å². The Morgan fingerprint density at radius 3 is 2.03 bits per heavy atom. The van der Waals surface area contributed by atoms with Crippen molar-refractivity contribution < 1.29 is 9.53 Å². The Bertz CT molecular complexity index is 1150. The van der Waals surface area contributed by atoms with E-state index in [1.165, 1.54) is 0 Å². The zero-order valence-corrected chi connectivity index (χ0v) is 18.4. The van der Waals surface area contributed by atoms with Crippen molar-refractivity contribution in [3.8, 4) is 0 Å². The van der Waals surface area contributed by atoms with E-state index in [9.17, 15) is 4.79 Å². The molecule has 2 aliphatic heterocycles. The number of ketones is 1. The van der Waals surface area contributed by atoms with Crippen molar-refractivity contribution in [2.45, 2.75) is 38.1 Å². The van der Waals surface area contributed by atoms with Crippen molar-refractivity contribution in [2.24, 2.45) is 5.41 Å². The second-order valence-electron chi connectivity index (χ2n) is 8.73. The lowest BCUT2D eigenvalue weighted by Crippen LogP contribution is -2.52. The second-order valence-corrected chi connectivity index (χ2v) is 10.0. The molecule has 0 saturated carbocycles. The number of carbonyl (C=O) groups excluding carboxylic acids is 1. The van der Waals surface area contributed by atoms with Gasteiger partial charge in [-0.25, -0.2) is 0 Å². The first-order valence-electron chi connectivity index (χ1n) is 10.5. The number of hydrogen-bond acceptors (Lipinski definition) is 2. The number of Topliss-reactive ketones (excluding diaryl/α,β-unsaturated/α-hetero) is 1. The van der Waals surface area contributed by atoms with Gasteiger partial charge in [-0.3, -0.25) is 4.79 Å². The highest BCUT2D eigenvalue weighted by Gasteiger charge is 2.64. The summed E-state index contributed by atoms with van der Waals surface area (Å²) in [6, 6.07) is 28.4. The van der Waals surface area contributed by atoms with Crippen LogP contribution in [-0.4, -0.2) is 11.1 Å². The Hall–Kier alpha value is -2.54. The minimum absolute atomic E-state index is 0.0531. The Morgan fingerprint density at radius 2 is 1.40 bits per heavy atom. The summed E-state index contributed by atoms with van der Waals surface area (Å²) in [5, 5.41) is 0.456. The molecule has 0 fully saturated rings. The topological polar surface area (TPSA) is 26.3 Å². The molecule has 2 bridgehead atoms. The van der Waals surface area contributed by atoms with Crippen molar-refractivity contribution >= 4 is 19.3 Å². The Kier molecular flexibility index (Phi) is 4.36. The zero-order valence-electron chi connectivity index (χ0n) is 17.6. The average Bonchev–Trinajstić information content (AvgIpc) is 3.15. The number of fused-ring (bicyclic) bond motifs is 4. The van der Waals surface area contributed by atoms with E-state index in [2.05, 4.69) is 51.1 Å². The quantitative estimate of drug-likeness (QED) is 0.453. The maximum Gasteiger partial charge on any atom is 0.204 e. The molecule has 2 aliphatic rings. The highest BCUT2D eigenvalue weighted by atomic mass is 31.1. The molecule has 2 unspecified atom stereocenters. The molecule has 0 spiro atoms. The third-order valence-corrected chi connectivity index (χ3v) is 8.68. The lowest BCUT2D eigenvalue weighted by Gasteiger charge is -2.43. The molecular formula is C27H25O2P. The minimum atomic E-state index is -1.08. The molecule has 2 nitrogen and oxygen atoms in total.